The summed E-state index contributed by atoms with van der Waals surface area (Å²) in [5.74, 6) is 6.27. The first-order valence-corrected chi connectivity index (χ1v) is 5.87. The number of nitro groups is 1. The lowest BCUT2D eigenvalue weighted by atomic mass is 10.3. The van der Waals surface area contributed by atoms with Crippen molar-refractivity contribution in [1.82, 2.24) is 14.8 Å². The van der Waals surface area contributed by atoms with Gasteiger partial charge in [-0.25, -0.2) is 15.5 Å². The van der Waals surface area contributed by atoms with E-state index in [1.807, 2.05) is 6.07 Å². The molecule has 1 saturated carbocycles. The molecule has 0 aliphatic heterocycles. The highest BCUT2D eigenvalue weighted by Crippen LogP contribution is 2.39. The van der Waals surface area contributed by atoms with Crippen LogP contribution in [-0.2, 0) is 0 Å². The summed E-state index contributed by atoms with van der Waals surface area (Å²) in [7, 11) is 0. The molecular weight excluding hydrogens is 248 g/mol. The quantitative estimate of drug-likeness (QED) is 0.487. The number of nitrogens with one attached hydrogen (secondary N) is 1. The number of hydrogen-bond acceptors (Lipinski definition) is 6. The Kier molecular flexibility index (Phi) is 2.64. The third-order valence-electron chi connectivity index (χ3n) is 3.02. The first-order chi connectivity index (χ1) is 9.19. The van der Waals surface area contributed by atoms with Gasteiger partial charge in [0.15, 0.2) is 0 Å². The molecule has 2 aromatic rings. The third kappa shape index (κ3) is 2.13. The molecule has 1 fully saturated rings. The van der Waals surface area contributed by atoms with Crippen LogP contribution in [0.1, 0.15) is 24.5 Å². The molecule has 0 aromatic carbocycles. The monoisotopic (exact) mass is 260 g/mol. The molecule has 19 heavy (non-hydrogen) atoms. The van der Waals surface area contributed by atoms with E-state index >= 15 is 0 Å². The Labute approximate surface area is 108 Å². The molecule has 0 bridgehead atoms. The molecule has 1 aliphatic carbocycles. The maximum Gasteiger partial charge on any atom is 0.313 e. The number of nitrogens with zero attached hydrogens (tertiary/aromatic N) is 4. The van der Waals surface area contributed by atoms with Crippen LogP contribution in [-0.4, -0.2) is 19.7 Å². The minimum absolute atomic E-state index is 0.107. The van der Waals surface area contributed by atoms with Crippen molar-refractivity contribution in [3.8, 4) is 5.82 Å². The second-order valence-corrected chi connectivity index (χ2v) is 4.40. The highest BCUT2D eigenvalue weighted by Gasteiger charge is 2.27. The average molecular weight is 260 g/mol. The minimum Gasteiger partial charge on any atom is -0.308 e. The third-order valence-corrected chi connectivity index (χ3v) is 3.02. The number of nitrogen functional groups attached to an aromatic ring is 1. The molecule has 0 radical (unpaired) electrons. The summed E-state index contributed by atoms with van der Waals surface area (Å²) in [6.45, 7) is 0. The molecule has 8 heteroatoms. The zero-order chi connectivity index (χ0) is 13.4. The van der Waals surface area contributed by atoms with Crippen molar-refractivity contribution in [2.75, 3.05) is 5.43 Å². The summed E-state index contributed by atoms with van der Waals surface area (Å²) < 4.78 is 1.42. The Morgan fingerprint density at radius 3 is 2.84 bits per heavy atom. The standard InChI is InChI=1S/C11H12N6O2/c12-14-10-4-3-9(17(18)19)11(13-10)16-6-5-8(15-16)7-1-2-7/h3-7H,1-2,12H2,(H,13,14). The topological polar surface area (TPSA) is 112 Å². The van der Waals surface area contributed by atoms with E-state index in [0.29, 0.717) is 11.7 Å². The van der Waals surface area contributed by atoms with Crippen LogP contribution >= 0.6 is 0 Å². The Morgan fingerprint density at radius 2 is 2.21 bits per heavy atom. The summed E-state index contributed by atoms with van der Waals surface area (Å²) in [6, 6.07) is 4.68. The number of rotatable bonds is 4. The van der Waals surface area contributed by atoms with Crippen molar-refractivity contribution in [2.45, 2.75) is 18.8 Å². The second kappa shape index (κ2) is 4.32. The van der Waals surface area contributed by atoms with Crippen LogP contribution in [0.25, 0.3) is 5.82 Å². The molecule has 3 rings (SSSR count). The molecule has 98 valence electrons. The van der Waals surface area contributed by atoms with Gasteiger partial charge in [-0.05, 0) is 25.0 Å². The first kappa shape index (κ1) is 11.6. The van der Waals surface area contributed by atoms with Gasteiger partial charge in [0.1, 0.15) is 5.82 Å². The highest BCUT2D eigenvalue weighted by atomic mass is 16.6. The molecule has 0 spiro atoms. The predicted molar refractivity (Wildman–Crippen MR) is 67.8 cm³/mol. The Morgan fingerprint density at radius 1 is 1.42 bits per heavy atom. The van der Waals surface area contributed by atoms with Gasteiger partial charge in [0.05, 0.1) is 10.6 Å². The van der Waals surface area contributed by atoms with E-state index in [2.05, 4.69) is 15.5 Å². The van der Waals surface area contributed by atoms with Crippen LogP contribution in [0.5, 0.6) is 0 Å². The summed E-state index contributed by atoms with van der Waals surface area (Å²) in [5.41, 5.74) is 3.21. The van der Waals surface area contributed by atoms with E-state index in [9.17, 15) is 10.1 Å². The molecule has 0 saturated heterocycles. The normalized spacial score (nSPS) is 14.4. The van der Waals surface area contributed by atoms with Crippen molar-refractivity contribution in [3.05, 3.63) is 40.2 Å². The van der Waals surface area contributed by atoms with E-state index in [4.69, 9.17) is 5.84 Å². The smallest absolute Gasteiger partial charge is 0.308 e. The molecular formula is C11H12N6O2. The minimum atomic E-state index is -0.485. The van der Waals surface area contributed by atoms with Gasteiger partial charge in [-0.15, -0.1) is 0 Å². The van der Waals surface area contributed by atoms with Crippen molar-refractivity contribution in [3.63, 3.8) is 0 Å². The largest absolute Gasteiger partial charge is 0.313 e. The van der Waals surface area contributed by atoms with Crippen molar-refractivity contribution in [1.29, 1.82) is 0 Å². The van der Waals surface area contributed by atoms with Crippen molar-refractivity contribution >= 4 is 11.5 Å². The second-order valence-electron chi connectivity index (χ2n) is 4.40. The summed E-state index contributed by atoms with van der Waals surface area (Å²) in [6.07, 6.45) is 3.93. The fraction of sp³-hybridized carbons (Fsp3) is 0.273. The zero-order valence-electron chi connectivity index (χ0n) is 9.98. The molecule has 0 amide bonds. The Hall–Kier alpha value is -2.48. The van der Waals surface area contributed by atoms with Gasteiger partial charge in [-0.2, -0.15) is 5.10 Å². The van der Waals surface area contributed by atoms with E-state index in [1.54, 1.807) is 6.20 Å². The summed E-state index contributed by atoms with van der Waals surface area (Å²) in [5, 5.41) is 15.4. The first-order valence-electron chi connectivity index (χ1n) is 5.87. The molecule has 8 nitrogen and oxygen atoms in total. The summed E-state index contributed by atoms with van der Waals surface area (Å²) >= 11 is 0. The van der Waals surface area contributed by atoms with Gasteiger partial charge < -0.3 is 5.43 Å². The predicted octanol–water partition coefficient (Wildman–Crippen LogP) is 1.34. The lowest BCUT2D eigenvalue weighted by molar-refractivity contribution is -0.384. The molecule has 0 atom stereocenters. The van der Waals surface area contributed by atoms with E-state index in [0.717, 1.165) is 18.5 Å². The van der Waals surface area contributed by atoms with Gasteiger partial charge in [0.2, 0.25) is 5.82 Å². The van der Waals surface area contributed by atoms with Gasteiger partial charge in [-0.3, -0.25) is 10.1 Å². The van der Waals surface area contributed by atoms with Crippen molar-refractivity contribution in [2.24, 2.45) is 5.84 Å². The van der Waals surface area contributed by atoms with Crippen LogP contribution in [0.4, 0.5) is 11.5 Å². The van der Waals surface area contributed by atoms with Gasteiger partial charge >= 0.3 is 5.69 Å². The number of aromatic nitrogens is 3. The lowest BCUT2D eigenvalue weighted by Crippen LogP contribution is -2.11. The van der Waals surface area contributed by atoms with E-state index < -0.39 is 4.92 Å². The molecule has 2 aromatic heterocycles. The highest BCUT2D eigenvalue weighted by molar-refractivity contribution is 5.52. The van der Waals surface area contributed by atoms with Gasteiger partial charge in [0.25, 0.3) is 0 Å². The molecule has 1 aliphatic rings. The zero-order valence-corrected chi connectivity index (χ0v) is 9.98. The maximum absolute atomic E-state index is 11.0. The van der Waals surface area contributed by atoms with E-state index in [-0.39, 0.29) is 11.5 Å². The average Bonchev–Trinajstić information content (AvgIpc) is 3.15. The Bertz CT molecular complexity index is 634. The van der Waals surface area contributed by atoms with Gasteiger partial charge in [-0.1, -0.05) is 0 Å². The number of hydrazine groups is 1. The van der Waals surface area contributed by atoms with Crippen LogP contribution in [0.2, 0.25) is 0 Å². The van der Waals surface area contributed by atoms with Crippen LogP contribution in [0.15, 0.2) is 24.4 Å². The van der Waals surface area contributed by atoms with Crippen LogP contribution in [0, 0.1) is 10.1 Å². The SMILES string of the molecule is NNc1ccc([N+](=O)[O-])c(-n2ccc(C3CC3)n2)n1. The number of hydrogen-bond donors (Lipinski definition) is 2. The Balaban J connectivity index is 2.06. The fourth-order valence-corrected chi connectivity index (χ4v) is 1.89. The number of anilines is 1. The van der Waals surface area contributed by atoms with Gasteiger partial charge in [0, 0.05) is 18.2 Å². The molecule has 2 heterocycles. The lowest BCUT2D eigenvalue weighted by Gasteiger charge is -2.04. The summed E-state index contributed by atoms with van der Waals surface area (Å²) in [4.78, 5) is 14.6. The van der Waals surface area contributed by atoms with E-state index in [1.165, 1.54) is 16.8 Å². The number of nitrogens with two attached hydrogens (primary N) is 1. The van der Waals surface area contributed by atoms with Crippen LogP contribution in [0.3, 0.4) is 0 Å². The van der Waals surface area contributed by atoms with Crippen LogP contribution < -0.4 is 11.3 Å². The fourth-order valence-electron chi connectivity index (χ4n) is 1.89. The molecule has 0 unspecified atom stereocenters. The van der Waals surface area contributed by atoms with Crippen molar-refractivity contribution < 1.29 is 4.92 Å². The molecule has 3 N–H and O–H groups in total. The number of pyridine rings is 1. The maximum atomic E-state index is 11.0.